The van der Waals surface area contributed by atoms with Crippen LogP contribution in [0.25, 0.3) is 0 Å². The number of carbonyl (C=O) groups excluding carboxylic acids is 2. The molecule has 2 amide bonds. The predicted octanol–water partition coefficient (Wildman–Crippen LogP) is 3.85. The van der Waals surface area contributed by atoms with Gasteiger partial charge in [0.15, 0.2) is 11.6 Å². The Balaban J connectivity index is 1.60. The Morgan fingerprint density at radius 1 is 1.11 bits per heavy atom. The summed E-state index contributed by atoms with van der Waals surface area (Å²) >= 11 is 0. The van der Waals surface area contributed by atoms with Crippen molar-refractivity contribution in [3.63, 3.8) is 0 Å². The first kappa shape index (κ1) is 24.5. The zero-order chi connectivity index (χ0) is 26.0. The molecule has 0 radical (unpaired) electrons. The Morgan fingerprint density at radius 3 is 2.62 bits per heavy atom. The van der Waals surface area contributed by atoms with Crippen molar-refractivity contribution in [1.82, 2.24) is 0 Å². The lowest BCUT2D eigenvalue weighted by atomic mass is 9.78. The van der Waals surface area contributed by atoms with E-state index in [9.17, 15) is 9.59 Å². The Morgan fingerprint density at radius 2 is 1.89 bits per heavy atom. The van der Waals surface area contributed by atoms with E-state index in [1.165, 1.54) is 11.8 Å². The van der Waals surface area contributed by atoms with E-state index < -0.39 is 17.6 Å². The number of fused-ring (bicyclic) bond motifs is 1. The minimum Gasteiger partial charge on any atom is -0.497 e. The molecule has 0 aromatic heterocycles. The lowest BCUT2D eigenvalue weighted by Gasteiger charge is -2.39. The van der Waals surface area contributed by atoms with Crippen LogP contribution in [0.1, 0.15) is 36.1 Å². The summed E-state index contributed by atoms with van der Waals surface area (Å²) in [5, 5.41) is 8.97. The fraction of sp³-hybridized carbons (Fsp3) is 0.276. The van der Waals surface area contributed by atoms with Crippen LogP contribution in [0, 0.1) is 0 Å². The number of amides is 2. The van der Waals surface area contributed by atoms with E-state index in [-0.39, 0.29) is 18.9 Å². The van der Waals surface area contributed by atoms with E-state index in [1.807, 2.05) is 54.6 Å². The molecule has 0 saturated carbocycles. The highest BCUT2D eigenvalue weighted by molar-refractivity contribution is 6.20. The van der Waals surface area contributed by atoms with Crippen LogP contribution in [-0.4, -0.2) is 48.7 Å². The number of nitrogens with zero attached hydrogens (tertiary/aromatic N) is 2. The summed E-state index contributed by atoms with van der Waals surface area (Å²) in [5.41, 5.74) is 1.44. The van der Waals surface area contributed by atoms with Crippen LogP contribution in [0.4, 0.5) is 5.69 Å². The Bertz CT molecular complexity index is 1350. The molecule has 1 N–H and O–H groups in total. The van der Waals surface area contributed by atoms with E-state index in [4.69, 9.17) is 24.3 Å². The molecule has 190 valence electrons. The largest absolute Gasteiger partial charge is 0.497 e. The number of imide groups is 1. The second-order valence-corrected chi connectivity index (χ2v) is 9.03. The summed E-state index contributed by atoms with van der Waals surface area (Å²) in [6, 6.07) is 22.0. The quantitative estimate of drug-likeness (QED) is 0.495. The van der Waals surface area contributed by atoms with E-state index in [0.717, 1.165) is 11.1 Å². The molecule has 3 aromatic carbocycles. The van der Waals surface area contributed by atoms with Gasteiger partial charge in [0, 0.05) is 31.9 Å². The first-order valence-electron chi connectivity index (χ1n) is 12.1. The van der Waals surface area contributed by atoms with Crippen molar-refractivity contribution in [3.05, 3.63) is 89.5 Å². The highest BCUT2D eigenvalue weighted by atomic mass is 16.5. The summed E-state index contributed by atoms with van der Waals surface area (Å²) in [6.07, 6.45) is 0.0405. The van der Waals surface area contributed by atoms with Crippen LogP contribution in [0.5, 0.6) is 11.5 Å². The molecule has 0 bridgehead atoms. The number of ether oxygens (including phenoxy) is 3. The minimum absolute atomic E-state index is 0.0604. The average Bonchev–Trinajstić information content (AvgIpc) is 3.29. The number of aliphatic hydroxyl groups is 1. The normalized spacial score (nSPS) is 20.3. The predicted molar refractivity (Wildman–Crippen MR) is 138 cm³/mol. The number of rotatable bonds is 7. The number of para-hydroxylation sites is 1. The van der Waals surface area contributed by atoms with Crippen molar-refractivity contribution in [2.24, 2.45) is 4.99 Å². The third-order valence-corrected chi connectivity index (χ3v) is 6.61. The second kappa shape index (κ2) is 10.1. The van der Waals surface area contributed by atoms with E-state index in [2.05, 4.69) is 0 Å². The molecule has 0 saturated heterocycles. The van der Waals surface area contributed by atoms with Crippen LogP contribution in [-0.2, 0) is 20.7 Å². The lowest BCUT2D eigenvalue weighted by Crippen LogP contribution is -2.56. The number of hydrogen-bond donors (Lipinski definition) is 1. The molecule has 2 aliphatic rings. The molecule has 1 spiro atoms. The van der Waals surface area contributed by atoms with Gasteiger partial charge in [0.25, 0.3) is 5.91 Å². The maximum absolute atomic E-state index is 14.1. The second-order valence-electron chi connectivity index (χ2n) is 9.03. The Hall–Kier alpha value is -4.17. The Kier molecular flexibility index (Phi) is 6.67. The standard InChI is InChI=1S/C29H28N2O6/c1-19(33)31-25-10-4-3-7-22(25)18-29(28(31)34)26(21-8-5-9-24(17-21)35-2)37-27(30-29)20-11-13-23(14-12-20)36-16-6-15-32/h3-5,7-14,17,26,32H,6,15-16,18H2,1-2H3/t26-,29-/m0/s1. The number of carbonyl (C=O) groups is 2. The molecular formula is C29H28N2O6. The van der Waals surface area contributed by atoms with E-state index in [1.54, 1.807) is 25.3 Å². The number of hydrogen-bond acceptors (Lipinski definition) is 7. The number of benzene rings is 3. The van der Waals surface area contributed by atoms with Crippen LogP contribution in [0.15, 0.2) is 77.8 Å². The summed E-state index contributed by atoms with van der Waals surface area (Å²) in [6.45, 7) is 1.85. The number of aliphatic imine (C=N–C) groups is 1. The molecule has 8 nitrogen and oxygen atoms in total. The van der Waals surface area contributed by atoms with Gasteiger partial charge in [0.05, 0.1) is 19.4 Å². The van der Waals surface area contributed by atoms with Crippen LogP contribution in [0.3, 0.4) is 0 Å². The van der Waals surface area contributed by atoms with Gasteiger partial charge in [-0.25, -0.2) is 9.89 Å². The molecule has 0 unspecified atom stereocenters. The molecule has 2 heterocycles. The zero-order valence-corrected chi connectivity index (χ0v) is 20.7. The van der Waals surface area contributed by atoms with Crippen molar-refractivity contribution in [1.29, 1.82) is 0 Å². The molecule has 3 aromatic rings. The molecule has 8 heteroatoms. The molecular weight excluding hydrogens is 472 g/mol. The van der Waals surface area contributed by atoms with Crippen molar-refractivity contribution in [2.75, 3.05) is 25.2 Å². The zero-order valence-electron chi connectivity index (χ0n) is 20.7. The SMILES string of the molecule is COc1cccc([C@@H]2OC(c3ccc(OCCCO)cc3)=N[C@@]23Cc2ccccc2N(C(C)=O)C3=O)c1. The topological polar surface area (TPSA) is 97.7 Å². The monoisotopic (exact) mass is 500 g/mol. The fourth-order valence-corrected chi connectivity index (χ4v) is 4.86. The number of aliphatic hydroxyl groups excluding tert-OH is 1. The molecule has 37 heavy (non-hydrogen) atoms. The van der Waals surface area contributed by atoms with Crippen molar-refractivity contribution in [2.45, 2.75) is 31.4 Å². The molecule has 0 aliphatic carbocycles. The van der Waals surface area contributed by atoms with Gasteiger partial charge in [0.1, 0.15) is 11.5 Å². The van der Waals surface area contributed by atoms with Crippen molar-refractivity contribution < 1.29 is 28.9 Å². The maximum atomic E-state index is 14.1. The minimum atomic E-state index is -1.38. The molecule has 5 rings (SSSR count). The van der Waals surface area contributed by atoms with Gasteiger partial charge in [-0.1, -0.05) is 30.3 Å². The lowest BCUT2D eigenvalue weighted by molar-refractivity contribution is -0.131. The van der Waals surface area contributed by atoms with Gasteiger partial charge < -0.3 is 19.3 Å². The summed E-state index contributed by atoms with van der Waals surface area (Å²) in [4.78, 5) is 33.0. The summed E-state index contributed by atoms with van der Waals surface area (Å²) in [7, 11) is 1.58. The smallest absolute Gasteiger partial charge is 0.266 e. The van der Waals surface area contributed by atoms with Crippen molar-refractivity contribution >= 4 is 23.4 Å². The number of anilines is 1. The van der Waals surface area contributed by atoms with Crippen LogP contribution >= 0.6 is 0 Å². The highest BCUT2D eigenvalue weighted by Crippen LogP contribution is 2.48. The van der Waals surface area contributed by atoms with Gasteiger partial charge in [-0.3, -0.25) is 9.59 Å². The first-order valence-corrected chi connectivity index (χ1v) is 12.1. The van der Waals surface area contributed by atoms with Crippen LogP contribution < -0.4 is 14.4 Å². The Labute approximate surface area is 215 Å². The third kappa shape index (κ3) is 4.44. The van der Waals surface area contributed by atoms with Gasteiger partial charge in [0.2, 0.25) is 11.8 Å². The molecule has 2 atom stereocenters. The van der Waals surface area contributed by atoms with Crippen molar-refractivity contribution in [3.8, 4) is 11.5 Å². The van der Waals surface area contributed by atoms with Gasteiger partial charge >= 0.3 is 0 Å². The third-order valence-electron chi connectivity index (χ3n) is 6.61. The first-order chi connectivity index (χ1) is 18.0. The summed E-state index contributed by atoms with van der Waals surface area (Å²) in [5.74, 6) is 0.784. The maximum Gasteiger partial charge on any atom is 0.266 e. The molecule has 2 aliphatic heterocycles. The highest BCUT2D eigenvalue weighted by Gasteiger charge is 2.58. The fourth-order valence-electron chi connectivity index (χ4n) is 4.86. The number of methoxy groups -OCH3 is 1. The van der Waals surface area contributed by atoms with Gasteiger partial charge in [-0.15, -0.1) is 0 Å². The van der Waals surface area contributed by atoms with Crippen LogP contribution in [0.2, 0.25) is 0 Å². The van der Waals surface area contributed by atoms with E-state index in [0.29, 0.717) is 41.7 Å². The van der Waals surface area contributed by atoms with Gasteiger partial charge in [-0.05, 0) is 53.6 Å². The van der Waals surface area contributed by atoms with Gasteiger partial charge in [-0.2, -0.15) is 0 Å². The summed E-state index contributed by atoms with van der Waals surface area (Å²) < 4.78 is 17.5. The van der Waals surface area contributed by atoms with E-state index >= 15 is 0 Å². The average molecular weight is 501 g/mol. The molecule has 0 fully saturated rings.